The first-order valence-corrected chi connectivity index (χ1v) is 9.32. The highest BCUT2D eigenvalue weighted by atomic mass is 35.5. The van der Waals surface area contributed by atoms with E-state index in [0.717, 1.165) is 31.2 Å². The van der Waals surface area contributed by atoms with Crippen LogP contribution in [-0.4, -0.2) is 24.4 Å². The third kappa shape index (κ3) is 5.86. The summed E-state index contributed by atoms with van der Waals surface area (Å²) >= 11 is 5.99. The Bertz CT molecular complexity index is 599. The van der Waals surface area contributed by atoms with Crippen LogP contribution in [0.25, 0.3) is 0 Å². The number of nitrogens with two attached hydrogens (primary N) is 1. The first-order chi connectivity index (χ1) is 11.8. The molecule has 0 bridgehead atoms. The second-order valence-electron chi connectivity index (χ2n) is 7.19. The van der Waals surface area contributed by atoms with E-state index in [1.54, 1.807) is 0 Å². The van der Waals surface area contributed by atoms with E-state index in [1.807, 2.05) is 38.1 Å². The van der Waals surface area contributed by atoms with Crippen molar-refractivity contribution in [2.45, 2.75) is 57.5 Å². The molecule has 1 saturated carbocycles. The average Bonchev–Trinajstić information content (AvgIpc) is 2.60. The van der Waals surface area contributed by atoms with E-state index in [4.69, 9.17) is 17.3 Å². The highest BCUT2D eigenvalue weighted by molar-refractivity contribution is 6.30. The van der Waals surface area contributed by atoms with Gasteiger partial charge in [-0.05, 0) is 36.5 Å². The third-order valence-electron chi connectivity index (χ3n) is 4.93. The Hall–Kier alpha value is -1.30. The smallest absolute Gasteiger partial charge is 0.240 e. The van der Waals surface area contributed by atoms with Crippen LogP contribution >= 0.6 is 24.0 Å². The number of hydrogen-bond acceptors (Lipinski definition) is 3. The van der Waals surface area contributed by atoms with Crippen molar-refractivity contribution in [3.8, 4) is 0 Å². The fraction of sp³-hybridized carbons (Fsp3) is 0.579. The monoisotopic (exact) mass is 401 g/mol. The molecule has 26 heavy (non-hydrogen) atoms. The summed E-state index contributed by atoms with van der Waals surface area (Å²) in [6.45, 7) is 3.69. The minimum absolute atomic E-state index is 0. The molecule has 0 radical (unpaired) electrons. The van der Waals surface area contributed by atoms with Crippen molar-refractivity contribution < 1.29 is 9.59 Å². The van der Waals surface area contributed by atoms with Crippen LogP contribution in [-0.2, 0) is 15.1 Å². The van der Waals surface area contributed by atoms with Crippen LogP contribution in [0.1, 0.15) is 51.5 Å². The summed E-state index contributed by atoms with van der Waals surface area (Å²) in [6, 6.07) is 7.04. The molecule has 2 amide bonds. The van der Waals surface area contributed by atoms with Gasteiger partial charge < -0.3 is 16.4 Å². The molecule has 1 aromatic rings. The van der Waals surface area contributed by atoms with Gasteiger partial charge in [-0.1, -0.05) is 56.8 Å². The summed E-state index contributed by atoms with van der Waals surface area (Å²) in [4.78, 5) is 24.4. The van der Waals surface area contributed by atoms with Crippen LogP contribution in [0, 0.1) is 5.92 Å². The summed E-state index contributed by atoms with van der Waals surface area (Å²) in [6.07, 6.45) is 5.08. The van der Waals surface area contributed by atoms with Crippen molar-refractivity contribution in [1.82, 2.24) is 10.6 Å². The molecule has 1 atom stereocenters. The molecule has 1 aliphatic carbocycles. The van der Waals surface area contributed by atoms with Gasteiger partial charge in [-0.25, -0.2) is 0 Å². The molecule has 0 spiro atoms. The predicted octanol–water partition coefficient (Wildman–Crippen LogP) is 3.14. The van der Waals surface area contributed by atoms with Crippen LogP contribution in [0.4, 0.5) is 0 Å². The molecule has 0 saturated heterocycles. The third-order valence-corrected chi connectivity index (χ3v) is 5.18. The number of carbonyl (C=O) groups is 2. The Kier molecular flexibility index (Phi) is 8.87. The van der Waals surface area contributed by atoms with Crippen molar-refractivity contribution in [3.63, 3.8) is 0 Å². The van der Waals surface area contributed by atoms with E-state index in [1.165, 1.54) is 6.42 Å². The zero-order valence-electron chi connectivity index (χ0n) is 15.4. The van der Waals surface area contributed by atoms with Gasteiger partial charge in [-0.15, -0.1) is 12.4 Å². The molecular weight excluding hydrogens is 373 g/mol. The van der Waals surface area contributed by atoms with Gasteiger partial charge in [0, 0.05) is 5.02 Å². The van der Waals surface area contributed by atoms with Gasteiger partial charge in [-0.3, -0.25) is 9.59 Å². The Morgan fingerprint density at radius 1 is 1.15 bits per heavy atom. The van der Waals surface area contributed by atoms with Crippen molar-refractivity contribution in [2.24, 2.45) is 11.7 Å². The number of halogens is 2. The highest BCUT2D eigenvalue weighted by Gasteiger charge is 2.35. The zero-order chi connectivity index (χ0) is 18.4. The maximum Gasteiger partial charge on any atom is 0.240 e. The minimum Gasteiger partial charge on any atom is -0.346 e. The first-order valence-electron chi connectivity index (χ1n) is 8.94. The lowest BCUT2D eigenvalue weighted by Crippen LogP contribution is -2.52. The van der Waals surface area contributed by atoms with E-state index in [0.29, 0.717) is 5.02 Å². The average molecular weight is 402 g/mol. The lowest BCUT2D eigenvalue weighted by Gasteiger charge is -2.39. The van der Waals surface area contributed by atoms with Gasteiger partial charge in [0.1, 0.15) is 0 Å². The molecule has 7 heteroatoms. The van der Waals surface area contributed by atoms with E-state index in [2.05, 4.69) is 10.6 Å². The second kappa shape index (κ2) is 10.1. The minimum atomic E-state index is -0.604. The standard InChI is InChI=1S/C19H28ClN3O2.ClH/c1-13(2)17(21)18(25)22-12-16(24)23-19(10-4-3-5-11-19)14-6-8-15(20)9-7-14;/h6-9,13,17H,3-5,10-12,21H2,1-2H3,(H,22,25)(H,23,24);1H/t17-;/m0./s1. The van der Waals surface area contributed by atoms with Crippen molar-refractivity contribution in [2.75, 3.05) is 6.54 Å². The topological polar surface area (TPSA) is 84.2 Å². The molecule has 0 aliphatic heterocycles. The molecule has 1 fully saturated rings. The molecule has 1 aliphatic rings. The Morgan fingerprint density at radius 2 is 1.73 bits per heavy atom. The molecule has 146 valence electrons. The molecular formula is C19H29Cl2N3O2. The molecule has 0 unspecified atom stereocenters. The summed E-state index contributed by atoms with van der Waals surface area (Å²) in [7, 11) is 0. The van der Waals surface area contributed by atoms with E-state index < -0.39 is 6.04 Å². The first kappa shape index (κ1) is 22.7. The van der Waals surface area contributed by atoms with Crippen LogP contribution in [0.15, 0.2) is 24.3 Å². The van der Waals surface area contributed by atoms with Crippen molar-refractivity contribution >= 4 is 35.8 Å². The Morgan fingerprint density at radius 3 is 2.27 bits per heavy atom. The zero-order valence-corrected chi connectivity index (χ0v) is 17.0. The van der Waals surface area contributed by atoms with E-state index >= 15 is 0 Å². The molecule has 4 N–H and O–H groups in total. The molecule has 0 heterocycles. The van der Waals surface area contributed by atoms with Gasteiger partial charge in [0.25, 0.3) is 0 Å². The van der Waals surface area contributed by atoms with E-state index in [9.17, 15) is 9.59 Å². The number of benzene rings is 1. The largest absolute Gasteiger partial charge is 0.346 e. The van der Waals surface area contributed by atoms with Crippen LogP contribution < -0.4 is 16.4 Å². The summed E-state index contributed by atoms with van der Waals surface area (Å²) in [5.41, 5.74) is 6.49. The fourth-order valence-corrected chi connectivity index (χ4v) is 3.44. The van der Waals surface area contributed by atoms with Gasteiger partial charge in [0.2, 0.25) is 11.8 Å². The quantitative estimate of drug-likeness (QED) is 0.684. The Balaban J connectivity index is 0.00000338. The Labute approximate surface area is 166 Å². The van der Waals surface area contributed by atoms with Crippen LogP contribution in [0.3, 0.4) is 0 Å². The second-order valence-corrected chi connectivity index (χ2v) is 7.62. The number of rotatable bonds is 6. The van der Waals surface area contributed by atoms with Crippen molar-refractivity contribution in [1.29, 1.82) is 0 Å². The van der Waals surface area contributed by atoms with Crippen LogP contribution in [0.5, 0.6) is 0 Å². The van der Waals surface area contributed by atoms with Gasteiger partial charge in [0.15, 0.2) is 0 Å². The fourth-order valence-electron chi connectivity index (χ4n) is 3.31. The number of carbonyl (C=O) groups excluding carboxylic acids is 2. The number of nitrogens with one attached hydrogen (secondary N) is 2. The van der Waals surface area contributed by atoms with Crippen LogP contribution in [0.2, 0.25) is 5.02 Å². The summed E-state index contributed by atoms with van der Waals surface area (Å²) < 4.78 is 0. The highest BCUT2D eigenvalue weighted by Crippen LogP contribution is 2.37. The lowest BCUT2D eigenvalue weighted by atomic mass is 9.76. The number of hydrogen-bond donors (Lipinski definition) is 3. The molecule has 2 rings (SSSR count). The lowest BCUT2D eigenvalue weighted by molar-refractivity contribution is -0.128. The van der Waals surface area contributed by atoms with Crippen molar-refractivity contribution in [3.05, 3.63) is 34.9 Å². The van der Waals surface area contributed by atoms with Gasteiger partial charge in [0.05, 0.1) is 18.1 Å². The number of amides is 2. The van der Waals surface area contributed by atoms with E-state index in [-0.39, 0.29) is 42.2 Å². The summed E-state index contributed by atoms with van der Waals surface area (Å²) in [5, 5.41) is 6.46. The predicted molar refractivity (Wildman–Crippen MR) is 107 cm³/mol. The van der Waals surface area contributed by atoms with Gasteiger partial charge in [-0.2, -0.15) is 0 Å². The normalized spacial score (nSPS) is 17.1. The van der Waals surface area contributed by atoms with Gasteiger partial charge >= 0.3 is 0 Å². The summed E-state index contributed by atoms with van der Waals surface area (Å²) in [5.74, 6) is -0.461. The SMILES string of the molecule is CC(C)[C@H](N)C(=O)NCC(=O)NC1(c2ccc(Cl)cc2)CCCCC1.Cl. The molecule has 0 aromatic heterocycles. The molecule has 5 nitrogen and oxygen atoms in total. The maximum atomic E-state index is 12.5. The maximum absolute atomic E-state index is 12.5. The molecule has 1 aromatic carbocycles.